The van der Waals surface area contributed by atoms with E-state index in [1.807, 2.05) is 4.90 Å². The molecule has 2 N–H and O–H groups in total. The number of pyridine rings is 1. The maximum Gasteiger partial charge on any atom is 0.342 e. The summed E-state index contributed by atoms with van der Waals surface area (Å²) < 4.78 is 17.0. The number of benzene rings is 1. The highest BCUT2D eigenvalue weighted by molar-refractivity contribution is 7.16. The fourth-order valence-electron chi connectivity index (χ4n) is 4.26. The molecule has 1 saturated heterocycles. The lowest BCUT2D eigenvalue weighted by atomic mass is 10.0. The summed E-state index contributed by atoms with van der Waals surface area (Å²) in [5.74, 6) is -1.45. The topological polar surface area (TPSA) is 86.4 Å². The van der Waals surface area contributed by atoms with Gasteiger partial charge in [0.15, 0.2) is 0 Å². The lowest BCUT2D eigenvalue weighted by Crippen LogP contribution is -2.28. The predicted molar refractivity (Wildman–Crippen MR) is 126 cm³/mol. The van der Waals surface area contributed by atoms with Gasteiger partial charge in [0.05, 0.1) is 16.6 Å². The molecule has 7 nitrogen and oxygen atoms in total. The summed E-state index contributed by atoms with van der Waals surface area (Å²) in [6.45, 7) is 5.22. The van der Waals surface area contributed by atoms with Gasteiger partial charge in [0, 0.05) is 43.5 Å². The highest BCUT2D eigenvalue weighted by Gasteiger charge is 2.29. The Balaban J connectivity index is 0.00000272. The number of carboxylic acid groups (broad SMARTS) is 1. The number of hydrogen-bond donors (Lipinski definition) is 2. The molecule has 1 aromatic carbocycles. The number of aromatic nitrogens is 1. The first-order chi connectivity index (χ1) is 14.5. The second-order valence-corrected chi connectivity index (χ2v) is 8.29. The summed E-state index contributed by atoms with van der Waals surface area (Å²) >= 11 is 1.17. The van der Waals surface area contributed by atoms with Crippen molar-refractivity contribution in [2.75, 3.05) is 38.1 Å². The molecule has 4 rings (SSSR count). The fraction of sp³-hybridized carbons (Fsp3) is 0.381. The van der Waals surface area contributed by atoms with Crippen LogP contribution in [0.2, 0.25) is 0 Å². The molecular formula is C21H24ClFN4O3S. The molecular weight excluding hydrogens is 443 g/mol. The summed E-state index contributed by atoms with van der Waals surface area (Å²) in [6.07, 6.45) is 4.21. The van der Waals surface area contributed by atoms with Crippen LogP contribution in [0.15, 0.2) is 27.4 Å². The van der Waals surface area contributed by atoms with Gasteiger partial charge in [0.25, 0.3) is 0 Å². The van der Waals surface area contributed by atoms with E-state index >= 15 is 4.39 Å². The zero-order chi connectivity index (χ0) is 21.4. The first-order valence-electron chi connectivity index (χ1n) is 9.87. The van der Waals surface area contributed by atoms with E-state index < -0.39 is 17.2 Å². The van der Waals surface area contributed by atoms with E-state index in [2.05, 4.69) is 17.2 Å². The Bertz CT molecular complexity index is 1220. The van der Waals surface area contributed by atoms with Gasteiger partial charge in [-0.15, -0.1) is 23.7 Å². The van der Waals surface area contributed by atoms with Crippen molar-refractivity contribution in [2.24, 2.45) is 10.9 Å². The molecule has 1 aliphatic rings. The molecule has 0 saturated carbocycles. The van der Waals surface area contributed by atoms with E-state index in [1.165, 1.54) is 17.4 Å². The number of halogens is 2. The number of fused-ring (bicyclic) bond motifs is 3. The van der Waals surface area contributed by atoms with Crippen LogP contribution in [-0.4, -0.2) is 54.9 Å². The van der Waals surface area contributed by atoms with Crippen molar-refractivity contribution in [1.29, 1.82) is 0 Å². The van der Waals surface area contributed by atoms with Crippen LogP contribution in [0, 0.1) is 11.7 Å². The van der Waals surface area contributed by atoms with Gasteiger partial charge >= 0.3 is 5.97 Å². The zero-order valence-electron chi connectivity index (χ0n) is 17.2. The minimum atomic E-state index is -1.32. The van der Waals surface area contributed by atoms with Crippen LogP contribution in [0.25, 0.3) is 15.7 Å². The monoisotopic (exact) mass is 466 g/mol. The molecule has 1 atom stereocenters. The number of nitrogens with one attached hydrogen (secondary N) is 1. The van der Waals surface area contributed by atoms with E-state index in [-0.39, 0.29) is 23.4 Å². The van der Waals surface area contributed by atoms with Gasteiger partial charge in [-0.2, -0.15) is 0 Å². The highest BCUT2D eigenvalue weighted by Crippen LogP contribution is 2.35. The van der Waals surface area contributed by atoms with Gasteiger partial charge in [-0.1, -0.05) is 6.92 Å². The molecule has 1 fully saturated rings. The zero-order valence-corrected chi connectivity index (χ0v) is 18.9. The number of carboxylic acids is 1. The van der Waals surface area contributed by atoms with Gasteiger partial charge in [0.1, 0.15) is 16.2 Å². The normalized spacial score (nSPS) is 16.5. The van der Waals surface area contributed by atoms with Gasteiger partial charge in [-0.25, -0.2) is 9.18 Å². The molecule has 0 spiro atoms. The van der Waals surface area contributed by atoms with Crippen LogP contribution in [0.4, 0.5) is 10.1 Å². The summed E-state index contributed by atoms with van der Waals surface area (Å²) in [4.78, 5) is 31.2. The van der Waals surface area contributed by atoms with Gasteiger partial charge in [-0.05, 0) is 31.5 Å². The largest absolute Gasteiger partial charge is 0.477 e. The lowest BCUT2D eigenvalue weighted by molar-refractivity contribution is 0.0697. The molecule has 1 unspecified atom stereocenters. The average Bonchev–Trinajstić information content (AvgIpc) is 3.36. The quantitative estimate of drug-likeness (QED) is 0.544. The van der Waals surface area contributed by atoms with Crippen LogP contribution >= 0.6 is 23.7 Å². The fourth-order valence-corrected chi connectivity index (χ4v) is 5.14. The Hall–Kier alpha value is -2.49. The standard InChI is InChI=1S/C21H23FN4O3S.ClH/c1-3-24-9-12-4-5-25(11-12)18-14(10-23-2)17-13(8-15(18)22)19(27)16(21(28)29)20-26(17)6-7-30-20;/h6-8,10,12,24H,3-5,9,11H2,1-2H3,(H,28,29);1H. The molecule has 0 aliphatic carbocycles. The number of nitrogens with zero attached hydrogens (tertiary/aromatic N) is 3. The Morgan fingerprint density at radius 3 is 2.94 bits per heavy atom. The van der Waals surface area contributed by atoms with Crippen LogP contribution in [0.5, 0.6) is 0 Å². The minimum absolute atomic E-state index is 0. The van der Waals surface area contributed by atoms with E-state index in [0.29, 0.717) is 40.6 Å². The Labute approximate surface area is 188 Å². The smallest absolute Gasteiger partial charge is 0.342 e. The molecule has 1 aliphatic heterocycles. The van der Waals surface area contributed by atoms with E-state index in [0.717, 1.165) is 19.5 Å². The van der Waals surface area contributed by atoms with Crippen molar-refractivity contribution in [3.05, 3.63) is 44.8 Å². The summed E-state index contributed by atoms with van der Waals surface area (Å²) in [7, 11) is 1.59. The number of aliphatic imine (C=N–C) groups is 1. The second kappa shape index (κ2) is 9.33. The van der Waals surface area contributed by atoms with Gasteiger partial charge in [0.2, 0.25) is 5.43 Å². The first-order valence-corrected chi connectivity index (χ1v) is 10.7. The molecule has 0 amide bonds. The SMILES string of the molecule is CCNCC1CCN(c2c(F)cc3c(=O)c(C(=O)O)c4sccn4c3c2C=NC)C1.Cl. The van der Waals surface area contributed by atoms with Crippen molar-refractivity contribution in [1.82, 2.24) is 9.72 Å². The molecule has 0 radical (unpaired) electrons. The van der Waals surface area contributed by atoms with Gasteiger partial charge in [-0.3, -0.25) is 9.79 Å². The third-order valence-corrected chi connectivity index (χ3v) is 6.44. The summed E-state index contributed by atoms with van der Waals surface area (Å²) in [5.41, 5.74) is 0.380. The maximum atomic E-state index is 15.4. The molecule has 31 heavy (non-hydrogen) atoms. The van der Waals surface area contributed by atoms with E-state index in [9.17, 15) is 14.7 Å². The number of carbonyl (C=O) groups is 1. The number of rotatable bonds is 6. The third kappa shape index (κ3) is 3.93. The molecule has 166 valence electrons. The third-order valence-electron chi connectivity index (χ3n) is 5.55. The highest BCUT2D eigenvalue weighted by atomic mass is 35.5. The maximum absolute atomic E-state index is 15.4. The molecule has 0 bridgehead atoms. The van der Waals surface area contributed by atoms with E-state index in [4.69, 9.17) is 0 Å². The van der Waals surface area contributed by atoms with Crippen molar-refractivity contribution in [2.45, 2.75) is 13.3 Å². The molecule has 2 aromatic heterocycles. The predicted octanol–water partition coefficient (Wildman–Crippen LogP) is 3.26. The Morgan fingerprint density at radius 1 is 1.48 bits per heavy atom. The minimum Gasteiger partial charge on any atom is -0.477 e. The van der Waals surface area contributed by atoms with Crippen LogP contribution in [0.1, 0.15) is 29.3 Å². The Kier molecular flexibility index (Phi) is 6.98. The number of hydrogen-bond acceptors (Lipinski definition) is 6. The second-order valence-electron chi connectivity index (χ2n) is 7.40. The molecule has 3 aromatic rings. The number of thiazole rings is 1. The number of aromatic carboxylic acids is 1. The summed E-state index contributed by atoms with van der Waals surface area (Å²) in [6, 6.07) is 1.17. The molecule has 10 heteroatoms. The summed E-state index contributed by atoms with van der Waals surface area (Å²) in [5, 5.41) is 14.7. The van der Waals surface area contributed by atoms with Crippen molar-refractivity contribution in [3.63, 3.8) is 0 Å². The van der Waals surface area contributed by atoms with Crippen molar-refractivity contribution >= 4 is 57.3 Å². The first kappa shape index (κ1) is 23.2. The molecule has 3 heterocycles. The number of anilines is 1. The van der Waals surface area contributed by atoms with Crippen LogP contribution < -0.4 is 15.6 Å². The Morgan fingerprint density at radius 2 is 2.26 bits per heavy atom. The van der Waals surface area contributed by atoms with Crippen molar-refractivity contribution < 1.29 is 14.3 Å². The van der Waals surface area contributed by atoms with Crippen molar-refractivity contribution in [3.8, 4) is 0 Å². The average molecular weight is 467 g/mol. The van der Waals surface area contributed by atoms with Crippen LogP contribution in [0.3, 0.4) is 0 Å². The van der Waals surface area contributed by atoms with Crippen LogP contribution in [-0.2, 0) is 0 Å². The van der Waals surface area contributed by atoms with Gasteiger partial charge < -0.3 is 19.7 Å². The lowest BCUT2D eigenvalue weighted by Gasteiger charge is -2.23. The van der Waals surface area contributed by atoms with E-state index in [1.54, 1.807) is 29.2 Å².